The van der Waals surface area contributed by atoms with E-state index in [-0.39, 0.29) is 21.2 Å². The van der Waals surface area contributed by atoms with Crippen molar-refractivity contribution in [2.45, 2.75) is 24.9 Å². The van der Waals surface area contributed by atoms with E-state index in [0.29, 0.717) is 13.0 Å². The molecule has 0 spiro atoms. The first-order valence-corrected chi connectivity index (χ1v) is 7.65. The van der Waals surface area contributed by atoms with Crippen LogP contribution in [0.25, 0.3) is 0 Å². The number of aliphatic hydroxyl groups is 1. The number of nitrogens with zero attached hydrogens (tertiary/aromatic N) is 1. The van der Waals surface area contributed by atoms with Crippen LogP contribution in [0.1, 0.15) is 29.3 Å². The van der Waals surface area contributed by atoms with Crippen LogP contribution < -0.4 is 0 Å². The van der Waals surface area contributed by atoms with E-state index in [2.05, 4.69) is 4.98 Å². The number of halogens is 8. The molecule has 1 aromatic carbocycles. The zero-order valence-electron chi connectivity index (χ0n) is 12.9. The zero-order valence-corrected chi connectivity index (χ0v) is 14.4. The number of aromatic nitrogens is 1. The van der Waals surface area contributed by atoms with E-state index in [0.717, 1.165) is 30.8 Å². The number of hydrogen-bond donors (Lipinski definition) is 1. The summed E-state index contributed by atoms with van der Waals surface area (Å²) in [5, 5.41) is 9.60. The molecule has 0 saturated carbocycles. The summed E-state index contributed by atoms with van der Waals surface area (Å²) in [7, 11) is 0. The SMILES string of the molecule is C[C@@](O)(c1cc(Cl)cc(Cl)c1[CH]c1ccc(C(F)(F)F)nc1)C(F)(F)F. The normalized spacial score (nSPS) is 15.0. The van der Waals surface area contributed by atoms with Crippen molar-refractivity contribution in [3.63, 3.8) is 0 Å². The van der Waals surface area contributed by atoms with Crippen LogP contribution in [0, 0.1) is 6.42 Å². The van der Waals surface area contributed by atoms with Crippen LogP contribution >= 0.6 is 23.2 Å². The molecule has 0 fully saturated rings. The Hall–Kier alpha value is -1.51. The van der Waals surface area contributed by atoms with Crippen LogP contribution in [0.5, 0.6) is 0 Å². The lowest BCUT2D eigenvalue weighted by molar-refractivity contribution is -0.259. The Morgan fingerprint density at radius 3 is 2.12 bits per heavy atom. The highest BCUT2D eigenvalue weighted by atomic mass is 35.5. The molecule has 0 unspecified atom stereocenters. The highest BCUT2D eigenvalue weighted by molar-refractivity contribution is 6.35. The minimum Gasteiger partial charge on any atom is -0.376 e. The summed E-state index contributed by atoms with van der Waals surface area (Å²) in [4.78, 5) is 3.22. The predicted molar refractivity (Wildman–Crippen MR) is 83.8 cm³/mol. The molecule has 0 aliphatic rings. The van der Waals surface area contributed by atoms with E-state index >= 15 is 0 Å². The Morgan fingerprint density at radius 1 is 1.04 bits per heavy atom. The molecule has 1 atom stereocenters. The number of hydrogen-bond acceptors (Lipinski definition) is 2. The van der Waals surface area contributed by atoms with E-state index in [1.54, 1.807) is 0 Å². The Balaban J connectivity index is 2.50. The number of rotatable bonds is 3. The molecule has 141 valence electrons. The smallest absolute Gasteiger partial charge is 0.376 e. The quantitative estimate of drug-likeness (QED) is 0.643. The molecule has 10 heteroatoms. The van der Waals surface area contributed by atoms with Crippen molar-refractivity contribution in [3.8, 4) is 0 Å². The van der Waals surface area contributed by atoms with E-state index in [4.69, 9.17) is 23.2 Å². The Morgan fingerprint density at radius 2 is 1.65 bits per heavy atom. The van der Waals surface area contributed by atoms with Crippen molar-refractivity contribution in [2.24, 2.45) is 0 Å². The number of benzene rings is 1. The van der Waals surface area contributed by atoms with Gasteiger partial charge in [0.05, 0.1) is 0 Å². The van der Waals surface area contributed by atoms with Gasteiger partial charge in [0.2, 0.25) is 0 Å². The van der Waals surface area contributed by atoms with E-state index in [9.17, 15) is 31.4 Å². The second kappa shape index (κ2) is 6.90. The van der Waals surface area contributed by atoms with E-state index < -0.39 is 29.2 Å². The second-order valence-corrected chi connectivity index (χ2v) is 6.38. The summed E-state index contributed by atoms with van der Waals surface area (Å²) in [5.41, 5.74) is -5.25. The fourth-order valence-electron chi connectivity index (χ4n) is 2.11. The van der Waals surface area contributed by atoms with Gasteiger partial charge < -0.3 is 5.11 Å². The van der Waals surface area contributed by atoms with Crippen molar-refractivity contribution < 1.29 is 31.4 Å². The summed E-state index contributed by atoms with van der Waals surface area (Å²) >= 11 is 11.7. The van der Waals surface area contributed by atoms with Crippen molar-refractivity contribution in [1.29, 1.82) is 0 Å². The Bertz CT molecular complexity index is 800. The lowest BCUT2D eigenvalue weighted by atomic mass is 9.88. The average Bonchev–Trinajstić information content (AvgIpc) is 2.48. The molecule has 1 N–H and O–H groups in total. The largest absolute Gasteiger partial charge is 0.433 e. The maximum absolute atomic E-state index is 13.2. The molecule has 2 rings (SSSR count). The van der Waals surface area contributed by atoms with Crippen molar-refractivity contribution in [2.75, 3.05) is 0 Å². The van der Waals surface area contributed by atoms with Crippen molar-refractivity contribution >= 4 is 23.2 Å². The molecule has 0 aliphatic carbocycles. The van der Waals surface area contributed by atoms with Gasteiger partial charge in [-0.15, -0.1) is 0 Å². The summed E-state index contributed by atoms with van der Waals surface area (Å²) < 4.78 is 77.2. The topological polar surface area (TPSA) is 33.1 Å². The highest BCUT2D eigenvalue weighted by Crippen LogP contribution is 2.43. The van der Waals surface area contributed by atoms with Crippen LogP contribution in [-0.2, 0) is 11.8 Å². The molecule has 2 aromatic rings. The van der Waals surface area contributed by atoms with E-state index in [1.807, 2.05) is 0 Å². The molecule has 0 saturated heterocycles. The van der Waals surface area contributed by atoms with Gasteiger partial charge in [-0.25, -0.2) is 0 Å². The average molecular weight is 417 g/mol. The minimum atomic E-state index is -5.04. The van der Waals surface area contributed by atoms with Gasteiger partial charge in [-0.3, -0.25) is 4.98 Å². The van der Waals surface area contributed by atoms with Gasteiger partial charge in [0.25, 0.3) is 0 Å². The van der Waals surface area contributed by atoms with Gasteiger partial charge in [-0.1, -0.05) is 29.3 Å². The maximum Gasteiger partial charge on any atom is 0.433 e. The van der Waals surface area contributed by atoms with Gasteiger partial charge in [0.15, 0.2) is 5.60 Å². The lowest BCUT2D eigenvalue weighted by Crippen LogP contribution is -2.40. The van der Waals surface area contributed by atoms with Gasteiger partial charge in [0, 0.05) is 22.7 Å². The van der Waals surface area contributed by atoms with Crippen LogP contribution in [0.4, 0.5) is 26.3 Å². The maximum atomic E-state index is 13.2. The molecule has 0 bridgehead atoms. The Labute approximate surface area is 154 Å². The van der Waals surface area contributed by atoms with Gasteiger partial charge in [0.1, 0.15) is 5.69 Å². The van der Waals surface area contributed by atoms with E-state index in [1.165, 1.54) is 0 Å². The minimum absolute atomic E-state index is 0.0569. The molecule has 1 heterocycles. The third-order valence-corrected chi connectivity index (χ3v) is 4.09. The van der Waals surface area contributed by atoms with Crippen LogP contribution in [0.3, 0.4) is 0 Å². The molecule has 26 heavy (non-hydrogen) atoms. The molecule has 0 amide bonds. The lowest BCUT2D eigenvalue weighted by Gasteiger charge is -2.29. The van der Waals surface area contributed by atoms with Crippen LogP contribution in [-0.4, -0.2) is 16.3 Å². The molecular formula is C16H10Cl2F6NO. The molecule has 1 aromatic heterocycles. The second-order valence-electron chi connectivity index (χ2n) is 5.54. The van der Waals surface area contributed by atoms with Crippen LogP contribution in [0.2, 0.25) is 10.0 Å². The standard InChI is InChI=1S/C16H10Cl2F6NO/c1-14(26,16(22,23)24)11-5-9(17)6-12(18)10(11)4-8-2-3-13(25-7-8)15(19,20)21/h2-7,26H,1H3/t14-/m1/s1. The fraction of sp³-hybridized carbons (Fsp3) is 0.250. The number of pyridine rings is 1. The monoisotopic (exact) mass is 416 g/mol. The summed E-state index contributed by atoms with van der Waals surface area (Å²) in [6.45, 7) is 0.525. The summed E-state index contributed by atoms with van der Waals surface area (Å²) in [5.74, 6) is 0. The molecule has 0 aliphatic heterocycles. The van der Waals surface area contributed by atoms with Crippen molar-refractivity contribution in [1.82, 2.24) is 4.98 Å². The summed E-state index contributed by atoms with van der Waals surface area (Å²) in [6.07, 6.45) is -7.77. The zero-order chi connectivity index (χ0) is 19.9. The highest BCUT2D eigenvalue weighted by Gasteiger charge is 2.52. The third kappa shape index (κ3) is 4.24. The first-order chi connectivity index (χ1) is 11.7. The predicted octanol–water partition coefficient (Wildman–Crippen LogP) is 5.78. The molecule has 1 radical (unpaired) electrons. The summed E-state index contributed by atoms with van der Waals surface area (Å²) in [6, 6.07) is 3.75. The van der Waals surface area contributed by atoms with Gasteiger partial charge in [-0.05, 0) is 41.8 Å². The van der Waals surface area contributed by atoms with Gasteiger partial charge in [-0.2, -0.15) is 26.3 Å². The molecular weight excluding hydrogens is 407 g/mol. The van der Waals surface area contributed by atoms with Gasteiger partial charge >= 0.3 is 12.4 Å². The van der Waals surface area contributed by atoms with Crippen molar-refractivity contribution in [3.05, 3.63) is 69.3 Å². The Kier molecular flexibility index (Phi) is 5.52. The third-order valence-electron chi connectivity index (χ3n) is 3.56. The van der Waals surface area contributed by atoms with Crippen LogP contribution in [0.15, 0.2) is 30.5 Å². The first-order valence-electron chi connectivity index (χ1n) is 6.90. The molecule has 2 nitrogen and oxygen atoms in total. The number of alkyl halides is 6. The first kappa shape index (κ1) is 20.8. The fourth-order valence-corrected chi connectivity index (χ4v) is 2.66.